The third kappa shape index (κ3) is 6.12. The lowest BCUT2D eigenvalue weighted by atomic mass is 10.1. The molecule has 1 aliphatic rings. The van der Waals surface area contributed by atoms with Gasteiger partial charge in [-0.1, -0.05) is 42.5 Å². The molecule has 8 nitrogen and oxygen atoms in total. The molecule has 0 saturated carbocycles. The Bertz CT molecular complexity index is 1180. The number of pyridine rings is 1. The molecule has 9 heteroatoms. The topological polar surface area (TPSA) is 91.8 Å². The largest absolute Gasteiger partial charge is 0.489 e. The fourth-order valence-corrected chi connectivity index (χ4v) is 5.14. The van der Waals surface area contributed by atoms with Crippen molar-refractivity contribution < 1.29 is 17.9 Å². The highest BCUT2D eigenvalue weighted by atomic mass is 32.2. The average molecular weight is 481 g/mol. The number of piperazine rings is 1. The molecule has 0 spiro atoms. The van der Waals surface area contributed by atoms with Crippen molar-refractivity contribution in [3.8, 4) is 5.75 Å². The molecule has 178 valence electrons. The number of benzene rings is 2. The molecule has 0 bridgehead atoms. The third-order valence-electron chi connectivity index (χ3n) is 5.65. The van der Waals surface area contributed by atoms with Gasteiger partial charge in [0.25, 0.3) is 5.91 Å². The van der Waals surface area contributed by atoms with Crippen molar-refractivity contribution >= 4 is 21.7 Å². The van der Waals surface area contributed by atoms with Crippen LogP contribution < -0.4 is 15.0 Å². The zero-order valence-electron chi connectivity index (χ0n) is 18.8. The van der Waals surface area contributed by atoms with Crippen LogP contribution in [0, 0.1) is 0 Å². The van der Waals surface area contributed by atoms with Crippen LogP contribution in [0.2, 0.25) is 0 Å². The van der Waals surface area contributed by atoms with Gasteiger partial charge in [0.2, 0.25) is 10.0 Å². The molecule has 1 amide bonds. The first-order valence-electron chi connectivity index (χ1n) is 11.2. The van der Waals surface area contributed by atoms with Gasteiger partial charge in [0.1, 0.15) is 18.2 Å². The molecule has 1 saturated heterocycles. The second kappa shape index (κ2) is 11.1. The standard InChI is InChI=1S/C25H28N4O4S/c30-25(23-11-5-4-8-21(23)20-33-22-9-2-1-3-10-22)27-14-19-34(31,32)29-17-15-28(16-18-29)24-12-6-7-13-26-24/h1-13H,14-20H2,(H,27,30). The van der Waals surface area contributed by atoms with Crippen molar-refractivity contribution in [2.45, 2.75) is 6.61 Å². The second-order valence-corrected chi connectivity index (χ2v) is 9.99. The van der Waals surface area contributed by atoms with Crippen LogP contribution in [-0.2, 0) is 16.6 Å². The Balaban J connectivity index is 1.27. The zero-order valence-corrected chi connectivity index (χ0v) is 19.7. The summed E-state index contributed by atoms with van der Waals surface area (Å²) in [5.41, 5.74) is 1.21. The van der Waals surface area contributed by atoms with Crippen LogP contribution >= 0.6 is 0 Å². The lowest BCUT2D eigenvalue weighted by molar-refractivity contribution is 0.0953. The van der Waals surface area contributed by atoms with Crippen molar-refractivity contribution in [3.05, 3.63) is 90.1 Å². The van der Waals surface area contributed by atoms with Gasteiger partial charge in [-0.2, -0.15) is 4.31 Å². The Hall–Kier alpha value is -3.43. The molecular weight excluding hydrogens is 452 g/mol. The van der Waals surface area contributed by atoms with Gasteiger partial charge in [-0.25, -0.2) is 13.4 Å². The minimum absolute atomic E-state index is 0.0372. The Morgan fingerprint density at radius 2 is 1.62 bits per heavy atom. The maximum Gasteiger partial charge on any atom is 0.251 e. The summed E-state index contributed by atoms with van der Waals surface area (Å²) in [7, 11) is -3.48. The highest BCUT2D eigenvalue weighted by molar-refractivity contribution is 7.89. The fourth-order valence-electron chi connectivity index (χ4n) is 3.80. The normalized spacial score (nSPS) is 14.5. The number of carbonyl (C=O) groups excluding carboxylic acids is 1. The summed E-state index contributed by atoms with van der Waals surface area (Å²) >= 11 is 0. The second-order valence-electron chi connectivity index (χ2n) is 7.90. The number of nitrogens with one attached hydrogen (secondary N) is 1. The SMILES string of the molecule is O=C(NCCS(=O)(=O)N1CCN(c2ccccn2)CC1)c1ccccc1COc1ccccc1. The number of amides is 1. The van der Waals surface area contributed by atoms with E-state index in [2.05, 4.69) is 15.2 Å². The van der Waals surface area contributed by atoms with E-state index in [9.17, 15) is 13.2 Å². The van der Waals surface area contributed by atoms with Crippen LogP contribution in [0.3, 0.4) is 0 Å². The first-order chi connectivity index (χ1) is 16.5. The van der Waals surface area contributed by atoms with E-state index < -0.39 is 10.0 Å². The van der Waals surface area contributed by atoms with Crippen molar-refractivity contribution in [2.75, 3.05) is 43.4 Å². The number of nitrogens with zero attached hydrogens (tertiary/aromatic N) is 3. The van der Waals surface area contributed by atoms with Crippen LogP contribution in [0.25, 0.3) is 0 Å². The maximum absolute atomic E-state index is 12.8. The molecule has 0 unspecified atom stereocenters. The zero-order chi connectivity index (χ0) is 23.8. The van der Waals surface area contributed by atoms with E-state index in [-0.39, 0.29) is 24.8 Å². The molecule has 1 aromatic heterocycles. The highest BCUT2D eigenvalue weighted by Gasteiger charge is 2.27. The van der Waals surface area contributed by atoms with Gasteiger partial charge in [-0.05, 0) is 30.3 Å². The predicted octanol–water partition coefficient (Wildman–Crippen LogP) is 2.54. The number of rotatable bonds is 9. The number of anilines is 1. The van der Waals surface area contributed by atoms with Gasteiger partial charge in [-0.3, -0.25) is 4.79 Å². The van der Waals surface area contributed by atoms with Gasteiger partial charge in [0.15, 0.2) is 0 Å². The van der Waals surface area contributed by atoms with Crippen LogP contribution in [0.5, 0.6) is 5.75 Å². The van der Waals surface area contributed by atoms with Crippen LogP contribution in [0.15, 0.2) is 79.0 Å². The molecule has 3 aromatic rings. The summed E-state index contributed by atoms with van der Waals surface area (Å²) in [6.07, 6.45) is 1.73. The number of aromatic nitrogens is 1. The van der Waals surface area contributed by atoms with E-state index in [1.54, 1.807) is 18.3 Å². The number of para-hydroxylation sites is 1. The summed E-state index contributed by atoms with van der Waals surface area (Å²) in [4.78, 5) is 19.1. The lowest BCUT2D eigenvalue weighted by Gasteiger charge is -2.34. The Morgan fingerprint density at radius 3 is 2.35 bits per heavy atom. The summed E-state index contributed by atoms with van der Waals surface area (Å²) in [6, 6.07) is 22.2. The number of sulfonamides is 1. The van der Waals surface area contributed by atoms with Gasteiger partial charge < -0.3 is 15.0 Å². The van der Waals surface area contributed by atoms with E-state index in [0.717, 1.165) is 11.4 Å². The highest BCUT2D eigenvalue weighted by Crippen LogP contribution is 2.16. The van der Waals surface area contributed by atoms with Crippen LogP contribution in [0.4, 0.5) is 5.82 Å². The predicted molar refractivity (Wildman–Crippen MR) is 131 cm³/mol. The molecule has 0 atom stereocenters. The van der Waals surface area contributed by atoms with E-state index in [1.807, 2.05) is 60.7 Å². The number of carbonyl (C=O) groups is 1. The average Bonchev–Trinajstić information content (AvgIpc) is 2.89. The molecule has 34 heavy (non-hydrogen) atoms. The Labute approximate surface area is 200 Å². The van der Waals surface area contributed by atoms with Crippen molar-refractivity contribution in [1.29, 1.82) is 0 Å². The monoisotopic (exact) mass is 480 g/mol. The van der Waals surface area contributed by atoms with Gasteiger partial charge in [0, 0.05) is 50.0 Å². The number of ether oxygens (including phenoxy) is 1. The van der Waals surface area contributed by atoms with Crippen LogP contribution in [0.1, 0.15) is 15.9 Å². The molecule has 4 rings (SSSR count). The molecule has 1 N–H and O–H groups in total. The summed E-state index contributed by atoms with van der Waals surface area (Å²) < 4.78 is 32.8. The van der Waals surface area contributed by atoms with E-state index >= 15 is 0 Å². The first-order valence-corrected chi connectivity index (χ1v) is 12.8. The van der Waals surface area contributed by atoms with Crippen LogP contribution in [-0.4, -0.2) is 62.1 Å². The molecule has 0 radical (unpaired) electrons. The molecular formula is C25H28N4O4S. The lowest BCUT2D eigenvalue weighted by Crippen LogP contribution is -2.50. The minimum Gasteiger partial charge on any atom is -0.489 e. The third-order valence-corrected chi connectivity index (χ3v) is 7.52. The quantitative estimate of drug-likeness (QED) is 0.506. The summed E-state index contributed by atoms with van der Waals surface area (Å²) in [5, 5.41) is 2.75. The molecule has 2 aromatic carbocycles. The Kier molecular flexibility index (Phi) is 7.76. The molecule has 2 heterocycles. The minimum atomic E-state index is -3.48. The van der Waals surface area contributed by atoms with Gasteiger partial charge in [-0.15, -0.1) is 0 Å². The van der Waals surface area contributed by atoms with Crippen molar-refractivity contribution in [3.63, 3.8) is 0 Å². The van der Waals surface area contributed by atoms with Gasteiger partial charge in [0.05, 0.1) is 5.75 Å². The molecule has 1 aliphatic heterocycles. The maximum atomic E-state index is 12.8. The van der Waals surface area contributed by atoms with Crippen molar-refractivity contribution in [1.82, 2.24) is 14.6 Å². The smallest absolute Gasteiger partial charge is 0.251 e. The van der Waals surface area contributed by atoms with Gasteiger partial charge >= 0.3 is 0 Å². The van der Waals surface area contributed by atoms with E-state index in [4.69, 9.17) is 4.74 Å². The summed E-state index contributed by atoms with van der Waals surface area (Å²) in [6.45, 7) is 2.23. The summed E-state index contributed by atoms with van der Waals surface area (Å²) in [5.74, 6) is 1.10. The number of hydrogen-bond donors (Lipinski definition) is 1. The number of hydrogen-bond acceptors (Lipinski definition) is 6. The molecule has 1 fully saturated rings. The first kappa shape index (κ1) is 23.7. The van der Waals surface area contributed by atoms with E-state index in [0.29, 0.717) is 37.5 Å². The fraction of sp³-hybridized carbons (Fsp3) is 0.280. The Morgan fingerprint density at radius 1 is 0.912 bits per heavy atom. The molecule has 0 aliphatic carbocycles. The van der Waals surface area contributed by atoms with E-state index in [1.165, 1.54) is 4.31 Å². The van der Waals surface area contributed by atoms with Crippen molar-refractivity contribution in [2.24, 2.45) is 0 Å².